The quantitative estimate of drug-likeness (QED) is 0.752. The second-order valence-corrected chi connectivity index (χ2v) is 5.38. The highest BCUT2D eigenvalue weighted by Gasteiger charge is 2.16. The SMILES string of the molecule is CCCCCCc1c(C(=O)O)c(C)cc2ccccc12. The van der Waals surface area contributed by atoms with E-state index in [4.69, 9.17) is 0 Å². The van der Waals surface area contributed by atoms with Crippen LogP contribution in [0.3, 0.4) is 0 Å². The van der Waals surface area contributed by atoms with Crippen LogP contribution in [0.25, 0.3) is 10.8 Å². The van der Waals surface area contributed by atoms with Gasteiger partial charge in [-0.2, -0.15) is 0 Å². The summed E-state index contributed by atoms with van der Waals surface area (Å²) in [7, 11) is 0. The summed E-state index contributed by atoms with van der Waals surface area (Å²) in [4.78, 5) is 11.6. The zero-order chi connectivity index (χ0) is 14.5. The summed E-state index contributed by atoms with van der Waals surface area (Å²) in [5, 5.41) is 11.7. The van der Waals surface area contributed by atoms with Crippen molar-refractivity contribution in [1.82, 2.24) is 0 Å². The number of aromatic carboxylic acids is 1. The minimum atomic E-state index is -0.807. The highest BCUT2D eigenvalue weighted by Crippen LogP contribution is 2.27. The molecule has 106 valence electrons. The number of carboxylic acids is 1. The predicted molar refractivity (Wildman–Crippen MR) is 83.5 cm³/mol. The Morgan fingerprint density at radius 2 is 1.90 bits per heavy atom. The van der Waals surface area contributed by atoms with Crippen LogP contribution < -0.4 is 0 Å². The predicted octanol–water partition coefficient (Wildman–Crippen LogP) is 4.97. The van der Waals surface area contributed by atoms with Crippen molar-refractivity contribution in [2.45, 2.75) is 46.0 Å². The first-order chi connectivity index (χ1) is 9.65. The standard InChI is InChI=1S/C18H22O2/c1-3-4-5-6-11-16-15-10-8-7-9-14(15)12-13(2)17(16)18(19)20/h7-10,12H,3-6,11H2,1-2H3,(H,19,20). The van der Waals surface area contributed by atoms with Gasteiger partial charge in [0, 0.05) is 0 Å². The van der Waals surface area contributed by atoms with Gasteiger partial charge in [0.05, 0.1) is 5.56 Å². The Hall–Kier alpha value is -1.83. The van der Waals surface area contributed by atoms with Crippen LogP contribution >= 0.6 is 0 Å². The second-order valence-electron chi connectivity index (χ2n) is 5.38. The fourth-order valence-corrected chi connectivity index (χ4v) is 2.86. The Balaban J connectivity index is 2.46. The average molecular weight is 270 g/mol. The van der Waals surface area contributed by atoms with Gasteiger partial charge in [-0.15, -0.1) is 0 Å². The third kappa shape index (κ3) is 3.01. The van der Waals surface area contributed by atoms with Crippen LogP contribution in [0.4, 0.5) is 0 Å². The van der Waals surface area contributed by atoms with Crippen molar-refractivity contribution in [3.63, 3.8) is 0 Å². The van der Waals surface area contributed by atoms with Crippen molar-refractivity contribution in [3.8, 4) is 0 Å². The first-order valence-corrected chi connectivity index (χ1v) is 7.39. The van der Waals surface area contributed by atoms with Crippen molar-refractivity contribution >= 4 is 16.7 Å². The Morgan fingerprint density at radius 1 is 1.15 bits per heavy atom. The van der Waals surface area contributed by atoms with Gasteiger partial charge in [-0.1, -0.05) is 56.5 Å². The largest absolute Gasteiger partial charge is 0.478 e. The normalized spacial score (nSPS) is 10.9. The smallest absolute Gasteiger partial charge is 0.336 e. The summed E-state index contributed by atoms with van der Waals surface area (Å²) in [6.45, 7) is 4.08. The molecule has 0 aliphatic rings. The molecule has 0 aromatic heterocycles. The summed E-state index contributed by atoms with van der Waals surface area (Å²) in [6, 6.07) is 10.1. The van der Waals surface area contributed by atoms with E-state index < -0.39 is 5.97 Å². The number of hydrogen-bond donors (Lipinski definition) is 1. The van der Waals surface area contributed by atoms with Crippen LogP contribution in [-0.4, -0.2) is 11.1 Å². The van der Waals surface area contributed by atoms with Gasteiger partial charge in [0.25, 0.3) is 0 Å². The van der Waals surface area contributed by atoms with E-state index in [0.717, 1.165) is 41.2 Å². The molecule has 2 aromatic carbocycles. The molecule has 20 heavy (non-hydrogen) atoms. The minimum Gasteiger partial charge on any atom is -0.478 e. The van der Waals surface area contributed by atoms with Crippen LogP contribution in [0.5, 0.6) is 0 Å². The molecule has 0 heterocycles. The highest BCUT2D eigenvalue weighted by atomic mass is 16.4. The van der Waals surface area contributed by atoms with Crippen LogP contribution in [0, 0.1) is 6.92 Å². The summed E-state index contributed by atoms with van der Waals surface area (Å²) >= 11 is 0. The monoisotopic (exact) mass is 270 g/mol. The molecule has 2 aromatic rings. The van der Waals surface area contributed by atoms with Gasteiger partial charge in [0.2, 0.25) is 0 Å². The lowest BCUT2D eigenvalue weighted by atomic mass is 9.91. The first kappa shape index (κ1) is 14.6. The average Bonchev–Trinajstić information content (AvgIpc) is 2.42. The van der Waals surface area contributed by atoms with Gasteiger partial charge in [0.1, 0.15) is 0 Å². The lowest BCUT2D eigenvalue weighted by molar-refractivity contribution is 0.0695. The number of aryl methyl sites for hydroxylation is 2. The maximum Gasteiger partial charge on any atom is 0.336 e. The van der Waals surface area contributed by atoms with E-state index >= 15 is 0 Å². The van der Waals surface area contributed by atoms with Crippen molar-refractivity contribution in [2.24, 2.45) is 0 Å². The molecule has 0 unspecified atom stereocenters. The van der Waals surface area contributed by atoms with Crippen LogP contribution in [-0.2, 0) is 6.42 Å². The number of unbranched alkanes of at least 4 members (excludes halogenated alkanes) is 3. The third-order valence-corrected chi connectivity index (χ3v) is 3.85. The fraction of sp³-hybridized carbons (Fsp3) is 0.389. The van der Waals surface area contributed by atoms with E-state index in [1.807, 2.05) is 31.2 Å². The number of carboxylic acid groups (broad SMARTS) is 1. The van der Waals surface area contributed by atoms with E-state index in [1.165, 1.54) is 12.8 Å². The number of hydrogen-bond acceptors (Lipinski definition) is 1. The maximum atomic E-state index is 11.6. The molecule has 0 fully saturated rings. The van der Waals surface area contributed by atoms with E-state index in [2.05, 4.69) is 13.0 Å². The van der Waals surface area contributed by atoms with Crippen LogP contribution in [0.15, 0.2) is 30.3 Å². The molecule has 0 aliphatic carbocycles. The number of fused-ring (bicyclic) bond motifs is 1. The minimum absolute atomic E-state index is 0.500. The molecule has 0 spiro atoms. The Labute approximate surface area is 120 Å². The molecule has 1 N–H and O–H groups in total. The number of benzene rings is 2. The zero-order valence-corrected chi connectivity index (χ0v) is 12.3. The van der Waals surface area contributed by atoms with E-state index in [-0.39, 0.29) is 0 Å². The van der Waals surface area contributed by atoms with E-state index in [1.54, 1.807) is 0 Å². The number of rotatable bonds is 6. The second kappa shape index (κ2) is 6.56. The summed E-state index contributed by atoms with van der Waals surface area (Å²) in [6.07, 6.45) is 5.48. The van der Waals surface area contributed by atoms with Crippen molar-refractivity contribution < 1.29 is 9.90 Å². The van der Waals surface area contributed by atoms with E-state index in [9.17, 15) is 9.90 Å². The van der Waals surface area contributed by atoms with Crippen LogP contribution in [0.1, 0.15) is 54.1 Å². The lowest BCUT2D eigenvalue weighted by Crippen LogP contribution is -2.06. The molecule has 2 nitrogen and oxygen atoms in total. The van der Waals surface area contributed by atoms with Gasteiger partial charge >= 0.3 is 5.97 Å². The Kier molecular flexibility index (Phi) is 4.78. The summed E-state index contributed by atoms with van der Waals surface area (Å²) < 4.78 is 0. The molecular formula is C18H22O2. The topological polar surface area (TPSA) is 37.3 Å². The Bertz CT molecular complexity index is 614. The molecule has 0 radical (unpaired) electrons. The Morgan fingerprint density at radius 3 is 2.60 bits per heavy atom. The molecular weight excluding hydrogens is 248 g/mol. The molecule has 0 saturated carbocycles. The van der Waals surface area contributed by atoms with Gasteiger partial charge in [-0.25, -0.2) is 4.79 Å². The van der Waals surface area contributed by atoms with E-state index in [0.29, 0.717) is 5.56 Å². The maximum absolute atomic E-state index is 11.6. The van der Waals surface area contributed by atoms with Crippen molar-refractivity contribution in [3.05, 3.63) is 47.0 Å². The summed E-state index contributed by atoms with van der Waals surface area (Å²) in [5.41, 5.74) is 2.37. The molecule has 2 rings (SSSR count). The molecule has 0 aliphatic heterocycles. The van der Waals surface area contributed by atoms with Gasteiger partial charge in [0.15, 0.2) is 0 Å². The number of carbonyl (C=O) groups is 1. The van der Waals surface area contributed by atoms with Gasteiger partial charge < -0.3 is 5.11 Å². The molecule has 0 atom stereocenters. The highest BCUT2D eigenvalue weighted by molar-refractivity contribution is 5.99. The van der Waals surface area contributed by atoms with Gasteiger partial charge in [-0.05, 0) is 41.7 Å². The van der Waals surface area contributed by atoms with Crippen LogP contribution in [0.2, 0.25) is 0 Å². The lowest BCUT2D eigenvalue weighted by Gasteiger charge is -2.13. The van der Waals surface area contributed by atoms with Crippen molar-refractivity contribution in [1.29, 1.82) is 0 Å². The first-order valence-electron chi connectivity index (χ1n) is 7.39. The molecule has 0 saturated heterocycles. The van der Waals surface area contributed by atoms with Gasteiger partial charge in [-0.3, -0.25) is 0 Å². The third-order valence-electron chi connectivity index (χ3n) is 3.85. The van der Waals surface area contributed by atoms with Crippen molar-refractivity contribution in [2.75, 3.05) is 0 Å². The zero-order valence-electron chi connectivity index (χ0n) is 12.3. The fourth-order valence-electron chi connectivity index (χ4n) is 2.86. The summed E-state index contributed by atoms with van der Waals surface area (Å²) in [5.74, 6) is -0.807. The molecule has 0 bridgehead atoms. The molecule has 0 amide bonds. The molecule has 2 heteroatoms.